The molecule has 0 aromatic rings. The number of rotatable bonds is 5. The quantitative estimate of drug-likeness (QED) is 0.692. The van der Waals surface area contributed by atoms with Crippen molar-refractivity contribution in [2.75, 3.05) is 6.54 Å². The van der Waals surface area contributed by atoms with Crippen LogP contribution in [0.25, 0.3) is 0 Å². The highest BCUT2D eigenvalue weighted by Crippen LogP contribution is 2.15. The molecular weight excluding hydrogens is 162 g/mol. The lowest BCUT2D eigenvalue weighted by molar-refractivity contribution is 0.0401. The van der Waals surface area contributed by atoms with Crippen LogP contribution < -0.4 is 5.32 Å². The maximum absolute atomic E-state index is 9.87. The zero-order valence-corrected chi connectivity index (χ0v) is 9.78. The van der Waals surface area contributed by atoms with Crippen molar-refractivity contribution in [3.8, 4) is 0 Å². The minimum atomic E-state index is -0.493. The first kappa shape index (κ1) is 12.9. The SMILES string of the molecule is CCCC(C)(O)CCNC(C)(C)C. The molecule has 0 saturated carbocycles. The highest BCUT2D eigenvalue weighted by atomic mass is 16.3. The standard InChI is InChI=1S/C11H25NO/c1-6-7-11(5,13)8-9-12-10(2,3)4/h12-13H,6-9H2,1-5H3. The van der Waals surface area contributed by atoms with E-state index in [1.54, 1.807) is 0 Å². The van der Waals surface area contributed by atoms with Gasteiger partial charge in [-0.3, -0.25) is 0 Å². The van der Waals surface area contributed by atoms with Gasteiger partial charge in [0.05, 0.1) is 5.60 Å². The Morgan fingerprint density at radius 3 is 2.00 bits per heavy atom. The van der Waals surface area contributed by atoms with E-state index in [9.17, 15) is 5.11 Å². The first-order valence-electron chi connectivity index (χ1n) is 5.24. The zero-order valence-electron chi connectivity index (χ0n) is 9.78. The fraction of sp³-hybridized carbons (Fsp3) is 1.00. The molecule has 0 aliphatic rings. The Kier molecular flexibility index (Phi) is 4.93. The molecule has 2 N–H and O–H groups in total. The summed E-state index contributed by atoms with van der Waals surface area (Å²) in [4.78, 5) is 0. The van der Waals surface area contributed by atoms with E-state index in [0.29, 0.717) is 0 Å². The summed E-state index contributed by atoms with van der Waals surface area (Å²) in [6, 6.07) is 0. The van der Waals surface area contributed by atoms with Gasteiger partial charge >= 0.3 is 0 Å². The van der Waals surface area contributed by atoms with Gasteiger partial charge in [-0.2, -0.15) is 0 Å². The summed E-state index contributed by atoms with van der Waals surface area (Å²) in [5.74, 6) is 0. The Bertz CT molecular complexity index is 136. The average Bonchev–Trinajstić information content (AvgIpc) is 1.82. The van der Waals surface area contributed by atoms with E-state index in [0.717, 1.165) is 25.8 Å². The van der Waals surface area contributed by atoms with Crippen molar-refractivity contribution in [3.05, 3.63) is 0 Å². The molecule has 0 amide bonds. The number of nitrogens with one attached hydrogen (secondary N) is 1. The van der Waals surface area contributed by atoms with Crippen molar-refractivity contribution >= 4 is 0 Å². The summed E-state index contributed by atoms with van der Waals surface area (Å²) in [7, 11) is 0. The lowest BCUT2D eigenvalue weighted by Crippen LogP contribution is -2.39. The molecule has 1 atom stereocenters. The van der Waals surface area contributed by atoms with Crippen LogP contribution in [0.1, 0.15) is 53.9 Å². The molecule has 13 heavy (non-hydrogen) atoms. The van der Waals surface area contributed by atoms with Crippen molar-refractivity contribution in [1.29, 1.82) is 0 Å². The molecule has 0 spiro atoms. The van der Waals surface area contributed by atoms with E-state index in [1.165, 1.54) is 0 Å². The van der Waals surface area contributed by atoms with Gasteiger partial charge in [0.2, 0.25) is 0 Å². The molecule has 0 fully saturated rings. The summed E-state index contributed by atoms with van der Waals surface area (Å²) in [5.41, 5.74) is -0.338. The summed E-state index contributed by atoms with van der Waals surface area (Å²) >= 11 is 0. The van der Waals surface area contributed by atoms with E-state index in [2.05, 4.69) is 33.0 Å². The Morgan fingerprint density at radius 1 is 1.08 bits per heavy atom. The zero-order chi connectivity index (χ0) is 10.5. The normalized spacial score (nSPS) is 17.1. The topological polar surface area (TPSA) is 32.3 Å². The molecule has 0 aliphatic carbocycles. The molecule has 80 valence electrons. The van der Waals surface area contributed by atoms with Gasteiger partial charge in [-0.1, -0.05) is 13.3 Å². The second-order valence-electron chi connectivity index (χ2n) is 5.17. The van der Waals surface area contributed by atoms with Gasteiger partial charge in [-0.05, 0) is 47.1 Å². The summed E-state index contributed by atoms with van der Waals surface area (Å²) in [6.07, 6.45) is 2.76. The Balaban J connectivity index is 3.63. The van der Waals surface area contributed by atoms with Gasteiger partial charge in [-0.15, -0.1) is 0 Å². The van der Waals surface area contributed by atoms with Crippen LogP contribution in [0.15, 0.2) is 0 Å². The third-order valence-corrected chi connectivity index (χ3v) is 2.11. The first-order valence-corrected chi connectivity index (χ1v) is 5.24. The van der Waals surface area contributed by atoms with Crippen LogP contribution >= 0.6 is 0 Å². The largest absolute Gasteiger partial charge is 0.390 e. The van der Waals surface area contributed by atoms with Crippen molar-refractivity contribution in [2.45, 2.75) is 65.0 Å². The lowest BCUT2D eigenvalue weighted by Gasteiger charge is -2.26. The number of hydrogen-bond donors (Lipinski definition) is 2. The maximum atomic E-state index is 9.87. The third-order valence-electron chi connectivity index (χ3n) is 2.11. The van der Waals surface area contributed by atoms with Crippen molar-refractivity contribution in [1.82, 2.24) is 5.32 Å². The molecular formula is C11H25NO. The summed E-state index contributed by atoms with van der Waals surface area (Å²) < 4.78 is 0. The van der Waals surface area contributed by atoms with Crippen LogP contribution in [-0.2, 0) is 0 Å². The molecule has 0 radical (unpaired) electrons. The van der Waals surface area contributed by atoms with Crippen LogP contribution in [0.4, 0.5) is 0 Å². The lowest BCUT2D eigenvalue weighted by atomic mass is 9.96. The van der Waals surface area contributed by atoms with E-state index in [-0.39, 0.29) is 5.54 Å². The molecule has 2 nitrogen and oxygen atoms in total. The number of hydrogen-bond acceptors (Lipinski definition) is 2. The fourth-order valence-electron chi connectivity index (χ4n) is 1.37. The van der Waals surface area contributed by atoms with E-state index in [4.69, 9.17) is 0 Å². The van der Waals surface area contributed by atoms with Crippen LogP contribution in [0.2, 0.25) is 0 Å². The monoisotopic (exact) mass is 187 g/mol. The van der Waals surface area contributed by atoms with Crippen LogP contribution in [0.5, 0.6) is 0 Å². The molecule has 0 saturated heterocycles. The highest BCUT2D eigenvalue weighted by molar-refractivity contribution is 4.76. The second kappa shape index (κ2) is 4.97. The highest BCUT2D eigenvalue weighted by Gasteiger charge is 2.19. The van der Waals surface area contributed by atoms with Crippen molar-refractivity contribution in [2.24, 2.45) is 0 Å². The minimum absolute atomic E-state index is 0.155. The van der Waals surface area contributed by atoms with Crippen LogP contribution in [-0.4, -0.2) is 22.8 Å². The molecule has 0 rings (SSSR count). The van der Waals surface area contributed by atoms with Crippen molar-refractivity contribution < 1.29 is 5.11 Å². The summed E-state index contributed by atoms with van der Waals surface area (Å²) in [5, 5.41) is 13.2. The van der Waals surface area contributed by atoms with E-state index < -0.39 is 5.60 Å². The Labute approximate surface area is 82.7 Å². The molecule has 1 unspecified atom stereocenters. The van der Waals surface area contributed by atoms with Gasteiger partial charge in [0.25, 0.3) is 0 Å². The van der Waals surface area contributed by atoms with Crippen molar-refractivity contribution in [3.63, 3.8) is 0 Å². The number of aliphatic hydroxyl groups is 1. The van der Waals surface area contributed by atoms with Crippen LogP contribution in [0, 0.1) is 0 Å². The van der Waals surface area contributed by atoms with Gasteiger partial charge in [0.1, 0.15) is 0 Å². The molecule has 2 heteroatoms. The fourth-order valence-corrected chi connectivity index (χ4v) is 1.37. The predicted octanol–water partition coefficient (Wildman–Crippen LogP) is 2.32. The molecule has 0 heterocycles. The third kappa shape index (κ3) is 8.26. The molecule has 0 aromatic heterocycles. The molecule has 0 aromatic carbocycles. The van der Waals surface area contributed by atoms with Gasteiger partial charge in [0.15, 0.2) is 0 Å². The Morgan fingerprint density at radius 2 is 1.62 bits per heavy atom. The molecule has 0 bridgehead atoms. The van der Waals surface area contributed by atoms with Gasteiger partial charge < -0.3 is 10.4 Å². The summed E-state index contributed by atoms with van der Waals surface area (Å²) in [6.45, 7) is 11.3. The maximum Gasteiger partial charge on any atom is 0.0631 e. The second-order valence-corrected chi connectivity index (χ2v) is 5.17. The van der Waals surface area contributed by atoms with E-state index in [1.807, 2.05) is 6.92 Å². The smallest absolute Gasteiger partial charge is 0.0631 e. The predicted molar refractivity (Wildman–Crippen MR) is 57.9 cm³/mol. The molecule has 0 aliphatic heterocycles. The Hall–Kier alpha value is -0.0800. The van der Waals surface area contributed by atoms with Gasteiger partial charge in [0, 0.05) is 5.54 Å². The average molecular weight is 187 g/mol. The van der Waals surface area contributed by atoms with Crippen LogP contribution in [0.3, 0.4) is 0 Å². The minimum Gasteiger partial charge on any atom is -0.390 e. The first-order chi connectivity index (χ1) is 5.77. The van der Waals surface area contributed by atoms with E-state index >= 15 is 0 Å². The van der Waals surface area contributed by atoms with Gasteiger partial charge in [-0.25, -0.2) is 0 Å².